The number of aryl methyl sites for hydroxylation is 2. The zero-order chi connectivity index (χ0) is 22.9. The number of fused-ring (bicyclic) bond motifs is 3. The van der Waals surface area contributed by atoms with Gasteiger partial charge in [-0.1, -0.05) is 36.0 Å². The highest BCUT2D eigenvalue weighted by Crippen LogP contribution is 2.35. The van der Waals surface area contributed by atoms with Crippen LogP contribution in [0.2, 0.25) is 0 Å². The lowest BCUT2D eigenvalue weighted by Gasteiger charge is -2.14. The standard InChI is InChI=1S/C25H21FN2O3S2/c1-31-24(30)16-12-10-15(11-13-16)14-32-25-27-22-21(17-6-2-5-9-20(17)33-22)23(29)28(25)19-8-4-3-7-18(19)26/h3-4,7-8,10-13H,2,5-6,9,14H2,1H3. The third-order valence-electron chi connectivity index (χ3n) is 5.79. The van der Waals surface area contributed by atoms with Crippen molar-refractivity contribution in [2.24, 2.45) is 0 Å². The number of thioether (sulfide) groups is 1. The van der Waals surface area contributed by atoms with Crippen LogP contribution in [-0.4, -0.2) is 22.6 Å². The number of hydrogen-bond acceptors (Lipinski definition) is 6. The molecule has 0 saturated heterocycles. The van der Waals surface area contributed by atoms with Crippen molar-refractivity contribution in [1.29, 1.82) is 0 Å². The minimum Gasteiger partial charge on any atom is -0.465 e. The molecule has 33 heavy (non-hydrogen) atoms. The van der Waals surface area contributed by atoms with Crippen molar-refractivity contribution in [2.75, 3.05) is 7.11 Å². The number of para-hydroxylation sites is 1. The molecule has 0 amide bonds. The summed E-state index contributed by atoms with van der Waals surface area (Å²) >= 11 is 2.96. The zero-order valence-electron chi connectivity index (χ0n) is 18.0. The molecule has 2 aromatic heterocycles. The van der Waals surface area contributed by atoms with Gasteiger partial charge in [0, 0.05) is 10.6 Å². The van der Waals surface area contributed by atoms with E-state index in [1.54, 1.807) is 41.7 Å². The summed E-state index contributed by atoms with van der Waals surface area (Å²) in [6.45, 7) is 0. The van der Waals surface area contributed by atoms with Crippen LogP contribution in [-0.2, 0) is 23.3 Å². The molecule has 0 atom stereocenters. The summed E-state index contributed by atoms with van der Waals surface area (Å²) in [7, 11) is 1.35. The molecule has 0 aliphatic heterocycles. The summed E-state index contributed by atoms with van der Waals surface area (Å²) in [6.07, 6.45) is 3.99. The minimum absolute atomic E-state index is 0.205. The first-order valence-corrected chi connectivity index (χ1v) is 12.5. The Kier molecular flexibility index (Phi) is 6.03. The molecule has 0 fully saturated rings. The Morgan fingerprint density at radius 2 is 1.91 bits per heavy atom. The number of carbonyl (C=O) groups excluding carboxylic acids is 1. The van der Waals surface area contributed by atoms with Crippen molar-refractivity contribution < 1.29 is 13.9 Å². The molecule has 0 spiro atoms. The third-order valence-corrected chi connectivity index (χ3v) is 7.99. The van der Waals surface area contributed by atoms with Crippen molar-refractivity contribution in [3.63, 3.8) is 0 Å². The van der Waals surface area contributed by atoms with Crippen molar-refractivity contribution >= 4 is 39.3 Å². The van der Waals surface area contributed by atoms with Gasteiger partial charge in [0.1, 0.15) is 10.6 Å². The summed E-state index contributed by atoms with van der Waals surface area (Å²) in [6, 6.07) is 13.4. The van der Waals surface area contributed by atoms with Gasteiger partial charge >= 0.3 is 5.97 Å². The van der Waals surface area contributed by atoms with Gasteiger partial charge in [-0.2, -0.15) is 0 Å². The molecule has 0 bridgehead atoms. The SMILES string of the molecule is COC(=O)c1ccc(CSc2nc3sc4c(c3c(=O)n2-c2ccccc2F)CCCC4)cc1. The third kappa shape index (κ3) is 4.09. The fourth-order valence-corrected chi connectivity index (χ4v) is 6.40. The molecule has 5 nitrogen and oxygen atoms in total. The summed E-state index contributed by atoms with van der Waals surface area (Å²) in [5.74, 6) is -0.343. The number of thiophene rings is 1. The van der Waals surface area contributed by atoms with E-state index in [0.29, 0.717) is 21.9 Å². The Balaban J connectivity index is 1.58. The average molecular weight is 481 g/mol. The van der Waals surface area contributed by atoms with Gasteiger partial charge in [0.05, 0.1) is 23.7 Å². The van der Waals surface area contributed by atoms with Gasteiger partial charge in [-0.15, -0.1) is 11.3 Å². The van der Waals surface area contributed by atoms with E-state index < -0.39 is 11.8 Å². The van der Waals surface area contributed by atoms with Gasteiger partial charge in [0.2, 0.25) is 0 Å². The lowest BCUT2D eigenvalue weighted by Crippen LogP contribution is -2.23. The molecule has 0 unspecified atom stereocenters. The summed E-state index contributed by atoms with van der Waals surface area (Å²) in [5.41, 5.74) is 2.49. The number of rotatable bonds is 5. The number of carbonyl (C=O) groups is 1. The molecule has 1 aliphatic rings. The predicted octanol–water partition coefficient (Wildman–Crippen LogP) is 5.54. The van der Waals surface area contributed by atoms with Crippen LogP contribution in [0.15, 0.2) is 58.5 Å². The molecule has 0 saturated carbocycles. The van der Waals surface area contributed by atoms with Crippen molar-refractivity contribution in [3.05, 3.63) is 86.3 Å². The molecule has 0 radical (unpaired) electrons. The van der Waals surface area contributed by atoms with Crippen molar-refractivity contribution in [1.82, 2.24) is 9.55 Å². The van der Waals surface area contributed by atoms with Gasteiger partial charge in [-0.05, 0) is 61.1 Å². The number of halogens is 1. The van der Waals surface area contributed by atoms with Crippen LogP contribution in [0, 0.1) is 5.82 Å². The maximum atomic E-state index is 14.8. The summed E-state index contributed by atoms with van der Waals surface area (Å²) in [4.78, 5) is 32.2. The lowest BCUT2D eigenvalue weighted by atomic mass is 9.97. The second kappa shape index (κ2) is 9.11. The Bertz CT molecular complexity index is 1410. The molecule has 1 aliphatic carbocycles. The number of nitrogens with zero attached hydrogens (tertiary/aromatic N) is 2. The van der Waals surface area contributed by atoms with Crippen LogP contribution in [0.25, 0.3) is 15.9 Å². The van der Waals surface area contributed by atoms with Crippen LogP contribution in [0.5, 0.6) is 0 Å². The molecule has 2 heterocycles. The van der Waals surface area contributed by atoms with E-state index in [9.17, 15) is 14.0 Å². The predicted molar refractivity (Wildman–Crippen MR) is 129 cm³/mol. The molecular weight excluding hydrogens is 459 g/mol. The maximum absolute atomic E-state index is 14.8. The van der Waals surface area contributed by atoms with E-state index in [1.165, 1.54) is 34.4 Å². The minimum atomic E-state index is -0.464. The van der Waals surface area contributed by atoms with E-state index >= 15 is 0 Å². The van der Waals surface area contributed by atoms with Crippen LogP contribution in [0.1, 0.15) is 39.2 Å². The quantitative estimate of drug-likeness (QED) is 0.213. The number of ether oxygens (including phenoxy) is 1. The lowest BCUT2D eigenvalue weighted by molar-refractivity contribution is 0.0600. The highest BCUT2D eigenvalue weighted by Gasteiger charge is 2.23. The fraction of sp³-hybridized carbons (Fsp3) is 0.240. The van der Waals surface area contributed by atoms with Gasteiger partial charge in [-0.25, -0.2) is 14.2 Å². The first kappa shape index (κ1) is 21.9. The molecular formula is C25H21FN2O3S2. The highest BCUT2D eigenvalue weighted by molar-refractivity contribution is 7.98. The van der Waals surface area contributed by atoms with Crippen LogP contribution in [0.3, 0.4) is 0 Å². The van der Waals surface area contributed by atoms with Crippen LogP contribution in [0.4, 0.5) is 4.39 Å². The second-order valence-electron chi connectivity index (χ2n) is 7.85. The van der Waals surface area contributed by atoms with E-state index in [4.69, 9.17) is 9.72 Å². The van der Waals surface area contributed by atoms with Crippen molar-refractivity contribution in [2.45, 2.75) is 36.6 Å². The van der Waals surface area contributed by atoms with E-state index in [0.717, 1.165) is 41.6 Å². The monoisotopic (exact) mass is 480 g/mol. The normalized spacial score (nSPS) is 13.2. The van der Waals surface area contributed by atoms with Crippen LogP contribution >= 0.6 is 23.1 Å². The Morgan fingerprint density at radius 1 is 1.15 bits per heavy atom. The van der Waals surface area contributed by atoms with E-state index in [-0.39, 0.29) is 11.2 Å². The van der Waals surface area contributed by atoms with E-state index in [2.05, 4.69) is 0 Å². The summed E-state index contributed by atoms with van der Waals surface area (Å²) in [5, 5.41) is 1.08. The number of aromatic nitrogens is 2. The topological polar surface area (TPSA) is 61.2 Å². The molecule has 0 N–H and O–H groups in total. The molecule has 5 rings (SSSR count). The van der Waals surface area contributed by atoms with Gasteiger partial charge in [0.15, 0.2) is 5.16 Å². The Labute approximate surface area is 198 Å². The molecule has 8 heteroatoms. The first-order chi connectivity index (χ1) is 16.1. The zero-order valence-corrected chi connectivity index (χ0v) is 19.6. The highest BCUT2D eigenvalue weighted by atomic mass is 32.2. The second-order valence-corrected chi connectivity index (χ2v) is 9.88. The van der Waals surface area contributed by atoms with Crippen LogP contribution < -0.4 is 5.56 Å². The van der Waals surface area contributed by atoms with Gasteiger partial charge < -0.3 is 4.74 Å². The largest absolute Gasteiger partial charge is 0.465 e. The number of hydrogen-bond donors (Lipinski definition) is 0. The molecule has 4 aromatic rings. The number of benzene rings is 2. The molecule has 2 aromatic carbocycles. The first-order valence-electron chi connectivity index (χ1n) is 10.7. The average Bonchev–Trinajstić information content (AvgIpc) is 3.22. The smallest absolute Gasteiger partial charge is 0.337 e. The Morgan fingerprint density at radius 3 is 2.67 bits per heavy atom. The summed E-state index contributed by atoms with van der Waals surface area (Å²) < 4.78 is 20.9. The number of methoxy groups -OCH3 is 1. The molecule has 168 valence electrons. The van der Waals surface area contributed by atoms with Gasteiger partial charge in [0.25, 0.3) is 5.56 Å². The fourth-order valence-electron chi connectivity index (χ4n) is 4.13. The van der Waals surface area contributed by atoms with Gasteiger partial charge in [-0.3, -0.25) is 9.36 Å². The maximum Gasteiger partial charge on any atom is 0.337 e. The number of esters is 1. The van der Waals surface area contributed by atoms with E-state index in [1.807, 2.05) is 12.1 Å². The Hall–Kier alpha value is -2.97. The van der Waals surface area contributed by atoms with Crippen molar-refractivity contribution in [3.8, 4) is 5.69 Å².